The number of carbonyl (C=O) groups excluding carboxylic acids is 1. The summed E-state index contributed by atoms with van der Waals surface area (Å²) in [5.74, 6) is 0.221. The number of fused-ring (bicyclic) bond motifs is 1. The van der Waals surface area contributed by atoms with Gasteiger partial charge in [0.05, 0.1) is 13.0 Å². The van der Waals surface area contributed by atoms with E-state index in [1.165, 1.54) is 12.1 Å². The van der Waals surface area contributed by atoms with Crippen LogP contribution in [0.3, 0.4) is 0 Å². The van der Waals surface area contributed by atoms with Gasteiger partial charge in [-0.1, -0.05) is 18.2 Å². The first kappa shape index (κ1) is 15.1. The number of nitrogens with one attached hydrogen (secondary N) is 2. The van der Waals surface area contributed by atoms with Crippen LogP contribution in [0.4, 0.5) is 4.39 Å². The molecule has 1 aromatic heterocycles. The molecular formula is C18H17FN2O2. The van der Waals surface area contributed by atoms with Crippen molar-refractivity contribution in [1.29, 1.82) is 0 Å². The van der Waals surface area contributed by atoms with Gasteiger partial charge in [-0.3, -0.25) is 4.79 Å². The summed E-state index contributed by atoms with van der Waals surface area (Å²) >= 11 is 0. The fourth-order valence-corrected chi connectivity index (χ4v) is 2.40. The molecule has 0 unspecified atom stereocenters. The zero-order valence-electron chi connectivity index (χ0n) is 12.5. The number of H-pyrrole nitrogens is 1. The summed E-state index contributed by atoms with van der Waals surface area (Å²) < 4.78 is 18.2. The molecule has 23 heavy (non-hydrogen) atoms. The van der Waals surface area contributed by atoms with Crippen LogP contribution in [0.1, 0.15) is 5.56 Å². The third-order valence-electron chi connectivity index (χ3n) is 3.53. The summed E-state index contributed by atoms with van der Waals surface area (Å²) in [6.45, 7) is 0.740. The van der Waals surface area contributed by atoms with Crippen LogP contribution in [-0.4, -0.2) is 24.0 Å². The first-order chi connectivity index (χ1) is 11.2. The minimum atomic E-state index is -0.301. The first-order valence-corrected chi connectivity index (χ1v) is 7.42. The predicted octanol–water partition coefficient (Wildman–Crippen LogP) is 3.04. The van der Waals surface area contributed by atoms with Crippen molar-refractivity contribution < 1.29 is 13.9 Å². The minimum absolute atomic E-state index is 0.0579. The van der Waals surface area contributed by atoms with Crippen LogP contribution in [0.15, 0.2) is 54.7 Å². The van der Waals surface area contributed by atoms with E-state index in [4.69, 9.17) is 4.74 Å². The summed E-state index contributed by atoms with van der Waals surface area (Å²) in [5.41, 5.74) is 1.99. The zero-order valence-corrected chi connectivity index (χ0v) is 12.5. The molecule has 0 atom stereocenters. The molecule has 0 saturated heterocycles. The van der Waals surface area contributed by atoms with Gasteiger partial charge in [0, 0.05) is 17.1 Å². The Morgan fingerprint density at radius 2 is 1.91 bits per heavy atom. The fraction of sp³-hybridized carbons (Fsp3) is 0.167. The molecular weight excluding hydrogens is 295 g/mol. The molecule has 0 radical (unpaired) electrons. The number of rotatable bonds is 6. The molecule has 0 aliphatic rings. The summed E-state index contributed by atoms with van der Waals surface area (Å²) in [4.78, 5) is 15.1. The number of halogens is 1. The Kier molecular flexibility index (Phi) is 4.57. The van der Waals surface area contributed by atoms with Crippen molar-refractivity contribution in [2.45, 2.75) is 6.42 Å². The molecule has 3 aromatic rings. The zero-order chi connectivity index (χ0) is 16.1. The Hall–Kier alpha value is -2.82. The quantitative estimate of drug-likeness (QED) is 0.687. The monoisotopic (exact) mass is 312 g/mol. The van der Waals surface area contributed by atoms with Crippen molar-refractivity contribution >= 4 is 16.8 Å². The summed E-state index contributed by atoms with van der Waals surface area (Å²) in [7, 11) is 0. The van der Waals surface area contributed by atoms with E-state index in [9.17, 15) is 9.18 Å². The number of para-hydroxylation sites is 1. The van der Waals surface area contributed by atoms with E-state index in [1.54, 1.807) is 12.1 Å². The second kappa shape index (κ2) is 6.96. The van der Waals surface area contributed by atoms with E-state index in [2.05, 4.69) is 10.3 Å². The average Bonchev–Trinajstić information content (AvgIpc) is 2.96. The van der Waals surface area contributed by atoms with Gasteiger partial charge >= 0.3 is 0 Å². The molecule has 2 aromatic carbocycles. The van der Waals surface area contributed by atoms with Crippen LogP contribution < -0.4 is 10.1 Å². The molecule has 4 nitrogen and oxygen atoms in total. The van der Waals surface area contributed by atoms with E-state index >= 15 is 0 Å². The lowest BCUT2D eigenvalue weighted by molar-refractivity contribution is -0.120. The Morgan fingerprint density at radius 1 is 1.13 bits per heavy atom. The molecule has 0 saturated carbocycles. The summed E-state index contributed by atoms with van der Waals surface area (Å²) in [5, 5.41) is 3.88. The molecule has 0 bridgehead atoms. The highest BCUT2D eigenvalue weighted by atomic mass is 19.1. The SMILES string of the molecule is O=C(Cc1c[nH]c2ccccc12)NCCOc1ccc(F)cc1. The smallest absolute Gasteiger partial charge is 0.224 e. The second-order valence-electron chi connectivity index (χ2n) is 5.19. The lowest BCUT2D eigenvalue weighted by Gasteiger charge is -2.07. The van der Waals surface area contributed by atoms with E-state index in [1.807, 2.05) is 30.5 Å². The number of hydrogen-bond acceptors (Lipinski definition) is 2. The van der Waals surface area contributed by atoms with Crippen LogP contribution in [0.5, 0.6) is 5.75 Å². The molecule has 1 amide bonds. The molecule has 0 aliphatic carbocycles. The molecule has 5 heteroatoms. The van der Waals surface area contributed by atoms with Crippen LogP contribution in [0, 0.1) is 5.82 Å². The van der Waals surface area contributed by atoms with E-state index < -0.39 is 0 Å². The maximum atomic E-state index is 12.8. The summed E-state index contributed by atoms with van der Waals surface area (Å²) in [6.07, 6.45) is 2.18. The van der Waals surface area contributed by atoms with Crippen LogP contribution in [-0.2, 0) is 11.2 Å². The summed E-state index contributed by atoms with van der Waals surface area (Å²) in [6, 6.07) is 13.7. The largest absolute Gasteiger partial charge is 0.492 e. The number of hydrogen-bond donors (Lipinski definition) is 2. The van der Waals surface area contributed by atoms with Gasteiger partial charge in [-0.05, 0) is 35.9 Å². The van der Waals surface area contributed by atoms with Crippen molar-refractivity contribution in [2.24, 2.45) is 0 Å². The van der Waals surface area contributed by atoms with Crippen LogP contribution in [0.25, 0.3) is 10.9 Å². The first-order valence-electron chi connectivity index (χ1n) is 7.42. The third-order valence-corrected chi connectivity index (χ3v) is 3.53. The predicted molar refractivity (Wildman–Crippen MR) is 86.9 cm³/mol. The van der Waals surface area contributed by atoms with Crippen molar-refractivity contribution in [1.82, 2.24) is 10.3 Å². The Bertz CT molecular complexity index is 796. The third kappa shape index (κ3) is 3.88. The number of aromatic nitrogens is 1. The van der Waals surface area contributed by atoms with E-state index in [0.29, 0.717) is 25.3 Å². The van der Waals surface area contributed by atoms with Gasteiger partial charge in [-0.2, -0.15) is 0 Å². The van der Waals surface area contributed by atoms with Crippen molar-refractivity contribution in [3.8, 4) is 5.75 Å². The van der Waals surface area contributed by atoms with Gasteiger partial charge < -0.3 is 15.0 Å². The van der Waals surface area contributed by atoms with E-state index in [-0.39, 0.29) is 11.7 Å². The normalized spacial score (nSPS) is 10.7. The van der Waals surface area contributed by atoms with Crippen LogP contribution >= 0.6 is 0 Å². The second-order valence-corrected chi connectivity index (χ2v) is 5.19. The number of amides is 1. The Balaban J connectivity index is 1.45. The lowest BCUT2D eigenvalue weighted by atomic mass is 10.1. The molecule has 118 valence electrons. The standard InChI is InChI=1S/C18H17FN2O2/c19-14-5-7-15(8-6-14)23-10-9-20-18(22)11-13-12-21-17-4-2-1-3-16(13)17/h1-8,12,21H,9-11H2,(H,20,22). The molecule has 3 rings (SSSR count). The number of carbonyl (C=O) groups is 1. The van der Waals surface area contributed by atoms with E-state index in [0.717, 1.165) is 16.5 Å². The molecule has 0 fully saturated rings. The van der Waals surface area contributed by atoms with Crippen LogP contribution in [0.2, 0.25) is 0 Å². The van der Waals surface area contributed by atoms with Crippen molar-refractivity contribution in [3.63, 3.8) is 0 Å². The highest BCUT2D eigenvalue weighted by molar-refractivity contribution is 5.88. The van der Waals surface area contributed by atoms with Gasteiger partial charge in [0.1, 0.15) is 18.2 Å². The number of aromatic amines is 1. The molecule has 0 spiro atoms. The molecule has 0 aliphatic heterocycles. The Labute approximate surface area is 133 Å². The molecule has 1 heterocycles. The fourth-order valence-electron chi connectivity index (χ4n) is 2.40. The van der Waals surface area contributed by atoms with Gasteiger partial charge in [-0.15, -0.1) is 0 Å². The van der Waals surface area contributed by atoms with Gasteiger partial charge in [0.25, 0.3) is 0 Å². The average molecular weight is 312 g/mol. The highest BCUT2D eigenvalue weighted by Gasteiger charge is 2.08. The highest BCUT2D eigenvalue weighted by Crippen LogP contribution is 2.17. The van der Waals surface area contributed by atoms with Crippen molar-refractivity contribution in [3.05, 3.63) is 66.1 Å². The van der Waals surface area contributed by atoms with Gasteiger partial charge in [0.2, 0.25) is 5.91 Å². The maximum absolute atomic E-state index is 12.8. The van der Waals surface area contributed by atoms with Gasteiger partial charge in [0.15, 0.2) is 0 Å². The van der Waals surface area contributed by atoms with Crippen molar-refractivity contribution in [2.75, 3.05) is 13.2 Å². The topological polar surface area (TPSA) is 54.1 Å². The number of benzene rings is 2. The lowest BCUT2D eigenvalue weighted by Crippen LogP contribution is -2.29. The van der Waals surface area contributed by atoms with Gasteiger partial charge in [-0.25, -0.2) is 4.39 Å². The Morgan fingerprint density at radius 3 is 2.74 bits per heavy atom. The molecule has 2 N–H and O–H groups in total. The number of ether oxygens (including phenoxy) is 1. The minimum Gasteiger partial charge on any atom is -0.492 e. The maximum Gasteiger partial charge on any atom is 0.224 e.